The summed E-state index contributed by atoms with van der Waals surface area (Å²) in [6.07, 6.45) is 5.89. The van der Waals surface area contributed by atoms with Crippen LogP contribution in [0.5, 0.6) is 0 Å². The zero-order valence-electron chi connectivity index (χ0n) is 8.40. The molecule has 4 heteroatoms. The van der Waals surface area contributed by atoms with Crippen LogP contribution in [0.3, 0.4) is 0 Å². The summed E-state index contributed by atoms with van der Waals surface area (Å²) in [7, 11) is 0. The summed E-state index contributed by atoms with van der Waals surface area (Å²) in [5, 5.41) is 0. The zero-order chi connectivity index (χ0) is 10.2. The molecular weight excluding hydrogens is 184 g/mol. The van der Waals surface area contributed by atoms with Gasteiger partial charge in [0.2, 0.25) is 0 Å². The van der Waals surface area contributed by atoms with E-state index in [2.05, 4.69) is 0 Å². The van der Waals surface area contributed by atoms with Crippen LogP contribution in [0.15, 0.2) is 12.3 Å². The predicted octanol–water partition coefficient (Wildman–Crippen LogP) is 1.26. The van der Waals surface area contributed by atoms with Crippen molar-refractivity contribution in [3.8, 4) is 0 Å². The molecule has 80 valence electrons. The highest BCUT2D eigenvalue weighted by molar-refractivity contribution is 5.65. The van der Waals surface area contributed by atoms with Gasteiger partial charge in [-0.3, -0.25) is 4.79 Å². The van der Waals surface area contributed by atoms with Gasteiger partial charge in [-0.1, -0.05) is 0 Å². The second kappa shape index (κ2) is 6.43. The quantitative estimate of drug-likeness (QED) is 0.495. The van der Waals surface area contributed by atoms with E-state index in [1.54, 1.807) is 6.26 Å². The molecule has 0 saturated heterocycles. The molecular formula is C10H16O4. The molecule has 1 atom stereocenters. The summed E-state index contributed by atoms with van der Waals surface area (Å²) < 4.78 is 15.3. The average Bonchev–Trinajstić information content (AvgIpc) is 2.18. The highest BCUT2D eigenvalue weighted by Gasteiger charge is 2.10. The summed E-state index contributed by atoms with van der Waals surface area (Å²) in [5.41, 5.74) is 0. The van der Waals surface area contributed by atoms with E-state index in [-0.39, 0.29) is 12.1 Å². The lowest BCUT2D eigenvalue weighted by atomic mass is 10.2. The van der Waals surface area contributed by atoms with E-state index in [0.29, 0.717) is 19.8 Å². The molecule has 1 aliphatic heterocycles. The van der Waals surface area contributed by atoms with Gasteiger partial charge in [0, 0.05) is 6.92 Å². The number of allylic oxidation sites excluding steroid dienone is 1. The molecule has 1 rings (SSSR count). The fourth-order valence-electron chi connectivity index (χ4n) is 1.17. The van der Waals surface area contributed by atoms with E-state index >= 15 is 0 Å². The van der Waals surface area contributed by atoms with Crippen LogP contribution in [0.4, 0.5) is 0 Å². The van der Waals surface area contributed by atoms with Crippen molar-refractivity contribution in [2.45, 2.75) is 25.9 Å². The fraction of sp³-hybridized carbons (Fsp3) is 0.700. The molecule has 0 amide bonds. The second-order valence-electron chi connectivity index (χ2n) is 3.12. The summed E-state index contributed by atoms with van der Waals surface area (Å²) >= 11 is 0. The van der Waals surface area contributed by atoms with Crippen molar-refractivity contribution >= 4 is 5.97 Å². The van der Waals surface area contributed by atoms with Crippen LogP contribution >= 0.6 is 0 Å². The molecule has 0 aromatic carbocycles. The van der Waals surface area contributed by atoms with Crippen molar-refractivity contribution in [3.63, 3.8) is 0 Å². The van der Waals surface area contributed by atoms with Crippen LogP contribution in [-0.4, -0.2) is 31.9 Å². The second-order valence-corrected chi connectivity index (χ2v) is 3.12. The molecule has 0 bridgehead atoms. The molecule has 0 radical (unpaired) electrons. The number of hydrogen-bond acceptors (Lipinski definition) is 4. The van der Waals surface area contributed by atoms with E-state index in [1.165, 1.54) is 6.92 Å². The first kappa shape index (κ1) is 11.0. The normalized spacial score (nSPS) is 20.2. The molecule has 0 fully saturated rings. The fourth-order valence-corrected chi connectivity index (χ4v) is 1.17. The van der Waals surface area contributed by atoms with Crippen molar-refractivity contribution in [2.24, 2.45) is 0 Å². The highest BCUT2D eigenvalue weighted by Crippen LogP contribution is 2.09. The highest BCUT2D eigenvalue weighted by atomic mass is 16.6. The first-order valence-electron chi connectivity index (χ1n) is 4.80. The third-order valence-corrected chi connectivity index (χ3v) is 1.86. The first-order chi connectivity index (χ1) is 6.79. The van der Waals surface area contributed by atoms with E-state index in [1.807, 2.05) is 6.08 Å². The van der Waals surface area contributed by atoms with Crippen molar-refractivity contribution in [1.82, 2.24) is 0 Å². The lowest BCUT2D eigenvalue weighted by molar-refractivity contribution is -0.142. The Kier molecular flexibility index (Phi) is 5.07. The van der Waals surface area contributed by atoms with Crippen LogP contribution < -0.4 is 0 Å². The van der Waals surface area contributed by atoms with Gasteiger partial charge in [-0.15, -0.1) is 0 Å². The topological polar surface area (TPSA) is 44.8 Å². The number of ether oxygens (including phenoxy) is 3. The Hall–Kier alpha value is -1.03. The van der Waals surface area contributed by atoms with Gasteiger partial charge in [-0.25, -0.2) is 0 Å². The largest absolute Gasteiger partial charge is 0.496 e. The van der Waals surface area contributed by atoms with E-state index < -0.39 is 0 Å². The van der Waals surface area contributed by atoms with Gasteiger partial charge in [0.05, 0.1) is 19.5 Å². The van der Waals surface area contributed by atoms with Gasteiger partial charge < -0.3 is 14.2 Å². The molecule has 1 unspecified atom stereocenters. The van der Waals surface area contributed by atoms with E-state index in [9.17, 15) is 4.79 Å². The molecule has 1 heterocycles. The minimum Gasteiger partial charge on any atom is -0.496 e. The van der Waals surface area contributed by atoms with Crippen molar-refractivity contribution in [1.29, 1.82) is 0 Å². The maximum absolute atomic E-state index is 10.4. The van der Waals surface area contributed by atoms with Gasteiger partial charge >= 0.3 is 5.97 Å². The molecule has 0 aromatic rings. The minimum absolute atomic E-state index is 0.150. The van der Waals surface area contributed by atoms with Crippen LogP contribution in [0.2, 0.25) is 0 Å². The Labute approximate surface area is 83.8 Å². The third kappa shape index (κ3) is 4.87. The van der Waals surface area contributed by atoms with E-state index in [0.717, 1.165) is 12.8 Å². The van der Waals surface area contributed by atoms with Crippen LogP contribution in [0, 0.1) is 0 Å². The number of rotatable bonds is 5. The lowest BCUT2D eigenvalue weighted by Crippen LogP contribution is -2.21. The van der Waals surface area contributed by atoms with Gasteiger partial charge in [0.25, 0.3) is 0 Å². The Balaban J connectivity index is 1.93. The smallest absolute Gasteiger partial charge is 0.302 e. The first-order valence-corrected chi connectivity index (χ1v) is 4.80. The van der Waals surface area contributed by atoms with Crippen LogP contribution in [0.1, 0.15) is 19.8 Å². The average molecular weight is 200 g/mol. The minimum atomic E-state index is -0.273. The van der Waals surface area contributed by atoms with Gasteiger partial charge in [0.15, 0.2) is 0 Å². The maximum Gasteiger partial charge on any atom is 0.302 e. The molecule has 0 spiro atoms. The molecule has 0 aromatic heterocycles. The Morgan fingerprint density at radius 3 is 3.07 bits per heavy atom. The molecule has 4 nitrogen and oxygen atoms in total. The Morgan fingerprint density at radius 1 is 1.57 bits per heavy atom. The molecule has 0 aliphatic carbocycles. The number of hydrogen-bond donors (Lipinski definition) is 0. The van der Waals surface area contributed by atoms with Crippen molar-refractivity contribution in [2.75, 3.05) is 19.8 Å². The maximum atomic E-state index is 10.4. The number of carbonyl (C=O) groups is 1. The molecule has 14 heavy (non-hydrogen) atoms. The van der Waals surface area contributed by atoms with Gasteiger partial charge in [-0.05, 0) is 18.9 Å². The summed E-state index contributed by atoms with van der Waals surface area (Å²) in [4.78, 5) is 10.4. The van der Waals surface area contributed by atoms with Gasteiger partial charge in [-0.2, -0.15) is 0 Å². The lowest BCUT2D eigenvalue weighted by Gasteiger charge is -2.18. The molecule has 0 saturated carbocycles. The monoisotopic (exact) mass is 200 g/mol. The summed E-state index contributed by atoms with van der Waals surface area (Å²) in [6, 6.07) is 0. The summed E-state index contributed by atoms with van der Waals surface area (Å²) in [5.74, 6) is -0.273. The Morgan fingerprint density at radius 2 is 2.43 bits per heavy atom. The number of esters is 1. The third-order valence-electron chi connectivity index (χ3n) is 1.86. The van der Waals surface area contributed by atoms with Crippen molar-refractivity contribution < 1.29 is 19.0 Å². The Bertz CT molecular complexity index is 200. The van der Waals surface area contributed by atoms with Crippen LogP contribution in [-0.2, 0) is 19.0 Å². The van der Waals surface area contributed by atoms with Gasteiger partial charge in [0.1, 0.15) is 12.7 Å². The predicted molar refractivity (Wildman–Crippen MR) is 50.7 cm³/mol. The molecule has 0 N–H and O–H groups in total. The SMILES string of the molecule is CC(=O)OCCOCC1CCC=CO1. The van der Waals surface area contributed by atoms with Crippen molar-refractivity contribution in [3.05, 3.63) is 12.3 Å². The zero-order valence-corrected chi connectivity index (χ0v) is 8.40. The van der Waals surface area contributed by atoms with E-state index in [4.69, 9.17) is 14.2 Å². The number of carbonyl (C=O) groups excluding carboxylic acids is 1. The standard InChI is InChI=1S/C10H16O4/c1-9(11)13-7-6-12-8-10-4-2-3-5-14-10/h3,5,10H,2,4,6-8H2,1H3. The molecule has 1 aliphatic rings. The summed E-state index contributed by atoms with van der Waals surface area (Å²) in [6.45, 7) is 2.70. The van der Waals surface area contributed by atoms with Crippen LogP contribution in [0.25, 0.3) is 0 Å².